The van der Waals surface area contributed by atoms with Crippen LogP contribution in [0.2, 0.25) is 0 Å². The Balaban J connectivity index is 1.59. The number of rotatable bonds is 3. The molecule has 0 bridgehead atoms. The molecule has 2 aromatic rings. The van der Waals surface area contributed by atoms with E-state index in [1.54, 1.807) is 4.90 Å². The molecule has 142 valence electrons. The highest BCUT2D eigenvalue weighted by Gasteiger charge is 2.56. The molecule has 1 aliphatic heterocycles. The van der Waals surface area contributed by atoms with E-state index in [4.69, 9.17) is 0 Å². The first-order valence-corrected chi connectivity index (χ1v) is 9.62. The molecule has 1 aromatic heterocycles. The highest BCUT2D eigenvalue weighted by molar-refractivity contribution is 5.96. The summed E-state index contributed by atoms with van der Waals surface area (Å²) in [5.41, 5.74) is 2.07. The van der Waals surface area contributed by atoms with Crippen molar-refractivity contribution in [2.24, 2.45) is 18.4 Å². The average Bonchev–Trinajstić information content (AvgIpc) is 3.23. The molecule has 5 heteroatoms. The second-order valence-corrected chi connectivity index (χ2v) is 8.15. The summed E-state index contributed by atoms with van der Waals surface area (Å²) < 4.78 is 1.93. The maximum Gasteiger partial charge on any atom is 0.311 e. The topological polar surface area (TPSA) is 62.5 Å². The van der Waals surface area contributed by atoms with Crippen LogP contribution in [-0.2, 0) is 11.8 Å². The fourth-order valence-corrected chi connectivity index (χ4v) is 4.99. The number of fused-ring (bicyclic) bond motifs is 1. The van der Waals surface area contributed by atoms with Crippen molar-refractivity contribution in [3.63, 3.8) is 0 Å². The van der Waals surface area contributed by atoms with E-state index in [0.717, 1.165) is 18.5 Å². The molecule has 1 N–H and O–H groups in total. The number of carboxylic acids is 1. The van der Waals surface area contributed by atoms with E-state index in [9.17, 15) is 14.7 Å². The van der Waals surface area contributed by atoms with E-state index >= 15 is 0 Å². The van der Waals surface area contributed by atoms with Gasteiger partial charge in [0.25, 0.3) is 5.91 Å². The molecule has 0 radical (unpaired) electrons. The molecule has 27 heavy (non-hydrogen) atoms. The summed E-state index contributed by atoms with van der Waals surface area (Å²) in [4.78, 5) is 27.1. The Hall–Kier alpha value is -2.56. The quantitative estimate of drug-likeness (QED) is 0.905. The first-order valence-electron chi connectivity index (χ1n) is 9.62. The Morgan fingerprint density at radius 3 is 2.56 bits per heavy atom. The molecule has 3 atom stereocenters. The second-order valence-electron chi connectivity index (χ2n) is 8.15. The molecule has 1 saturated heterocycles. The van der Waals surface area contributed by atoms with E-state index in [0.29, 0.717) is 31.0 Å². The van der Waals surface area contributed by atoms with Gasteiger partial charge < -0.3 is 14.6 Å². The molecule has 1 saturated carbocycles. The number of carbonyl (C=O) groups excluding carboxylic acids is 1. The minimum Gasteiger partial charge on any atom is -0.481 e. The summed E-state index contributed by atoms with van der Waals surface area (Å²) in [6, 6.07) is 12.2. The molecule has 1 amide bonds. The Bertz CT molecular complexity index is 873. The smallest absolute Gasteiger partial charge is 0.311 e. The van der Waals surface area contributed by atoms with Gasteiger partial charge in [-0.2, -0.15) is 0 Å². The summed E-state index contributed by atoms with van der Waals surface area (Å²) in [7, 11) is 1.92. The summed E-state index contributed by atoms with van der Waals surface area (Å²) in [5.74, 6) is -0.419. The van der Waals surface area contributed by atoms with Gasteiger partial charge in [-0.25, -0.2) is 0 Å². The summed E-state index contributed by atoms with van der Waals surface area (Å²) in [5, 5.41) is 10.0. The number of aromatic nitrogens is 1. The second kappa shape index (κ2) is 6.55. The van der Waals surface area contributed by atoms with Crippen molar-refractivity contribution in [2.75, 3.05) is 13.1 Å². The third-order valence-electron chi connectivity index (χ3n) is 6.80. The van der Waals surface area contributed by atoms with E-state index in [1.807, 2.05) is 49.0 Å². The highest BCUT2D eigenvalue weighted by atomic mass is 16.4. The number of nitrogens with zero attached hydrogens (tertiary/aromatic N) is 2. The molecule has 2 fully saturated rings. The predicted octanol–water partition coefficient (Wildman–Crippen LogP) is 3.44. The zero-order chi connectivity index (χ0) is 19.2. The number of carboxylic acid groups (broad SMARTS) is 1. The fourth-order valence-electron chi connectivity index (χ4n) is 4.99. The van der Waals surface area contributed by atoms with Crippen LogP contribution < -0.4 is 0 Å². The Morgan fingerprint density at radius 2 is 1.93 bits per heavy atom. The first-order chi connectivity index (χ1) is 12.9. The summed E-state index contributed by atoms with van der Waals surface area (Å²) >= 11 is 0. The monoisotopic (exact) mass is 366 g/mol. The molecule has 2 aliphatic rings. The maximum absolute atomic E-state index is 13.1. The largest absolute Gasteiger partial charge is 0.481 e. The van der Waals surface area contributed by atoms with E-state index in [1.165, 1.54) is 5.56 Å². The average molecular weight is 366 g/mol. The van der Waals surface area contributed by atoms with Gasteiger partial charge in [0.2, 0.25) is 0 Å². The van der Waals surface area contributed by atoms with Crippen LogP contribution in [0.15, 0.2) is 42.6 Å². The molecule has 0 unspecified atom stereocenters. The molecule has 1 aromatic carbocycles. The highest BCUT2D eigenvalue weighted by Crippen LogP contribution is 2.51. The first kappa shape index (κ1) is 17.8. The minimum absolute atomic E-state index is 0.00178. The number of amides is 1. The van der Waals surface area contributed by atoms with Crippen LogP contribution in [0, 0.1) is 18.3 Å². The lowest BCUT2D eigenvalue weighted by molar-refractivity contribution is -0.152. The van der Waals surface area contributed by atoms with Gasteiger partial charge in [-0.1, -0.05) is 30.3 Å². The Labute approximate surface area is 159 Å². The zero-order valence-electron chi connectivity index (χ0n) is 15.9. The van der Waals surface area contributed by atoms with E-state index < -0.39 is 11.4 Å². The van der Waals surface area contributed by atoms with Gasteiger partial charge in [-0.05, 0) is 49.7 Å². The Morgan fingerprint density at radius 1 is 1.19 bits per heavy atom. The van der Waals surface area contributed by atoms with Gasteiger partial charge in [0.15, 0.2) is 0 Å². The van der Waals surface area contributed by atoms with Gasteiger partial charge >= 0.3 is 5.97 Å². The van der Waals surface area contributed by atoms with E-state index in [-0.39, 0.29) is 11.8 Å². The minimum atomic E-state index is -0.802. The molecule has 1 aliphatic carbocycles. The van der Waals surface area contributed by atoms with Crippen LogP contribution in [0.3, 0.4) is 0 Å². The van der Waals surface area contributed by atoms with Crippen LogP contribution in [-0.4, -0.2) is 39.5 Å². The number of likely N-dealkylation sites (tertiary alicyclic amines) is 1. The van der Waals surface area contributed by atoms with Crippen molar-refractivity contribution in [1.29, 1.82) is 0 Å². The van der Waals surface area contributed by atoms with E-state index in [2.05, 4.69) is 12.1 Å². The van der Waals surface area contributed by atoms with Gasteiger partial charge in [0.05, 0.1) is 11.0 Å². The van der Waals surface area contributed by atoms with Gasteiger partial charge in [0.1, 0.15) is 0 Å². The lowest BCUT2D eigenvalue weighted by Crippen LogP contribution is -2.43. The number of hydrogen-bond acceptors (Lipinski definition) is 2. The van der Waals surface area contributed by atoms with Crippen molar-refractivity contribution in [1.82, 2.24) is 9.47 Å². The van der Waals surface area contributed by atoms with Crippen molar-refractivity contribution in [2.45, 2.75) is 32.1 Å². The molecular weight excluding hydrogens is 340 g/mol. The van der Waals surface area contributed by atoms with Gasteiger partial charge in [-0.3, -0.25) is 9.59 Å². The standard InChI is InChI=1S/C22H26N2O3/c1-15-19(9-11-23(15)2)20(25)24-13-18-12-17(16-6-4-3-5-7-16)8-10-22(18,14-24)21(26)27/h3-7,9,11,17-18H,8,10,12-14H2,1-2H3,(H,26,27)/t17-,18-,22-/m1/s1. The normalized spacial score (nSPS) is 27.4. The van der Waals surface area contributed by atoms with Crippen LogP contribution in [0.4, 0.5) is 0 Å². The number of benzene rings is 1. The van der Waals surface area contributed by atoms with Gasteiger partial charge in [0, 0.05) is 32.0 Å². The molecule has 0 spiro atoms. The van der Waals surface area contributed by atoms with Crippen molar-refractivity contribution in [3.8, 4) is 0 Å². The summed E-state index contributed by atoms with van der Waals surface area (Å²) in [6.07, 6.45) is 4.20. The van der Waals surface area contributed by atoms with Crippen LogP contribution >= 0.6 is 0 Å². The number of aryl methyl sites for hydroxylation is 1. The summed E-state index contributed by atoms with van der Waals surface area (Å²) in [6.45, 7) is 2.78. The lowest BCUT2D eigenvalue weighted by atomic mass is 9.64. The molecular formula is C22H26N2O3. The molecule has 5 nitrogen and oxygen atoms in total. The maximum atomic E-state index is 13.1. The SMILES string of the molecule is Cc1c(C(=O)N2C[C@H]3C[C@H](c4ccccc4)CC[C@@]3(C(=O)O)C2)ccn1C. The van der Waals surface area contributed by atoms with Crippen LogP contribution in [0.25, 0.3) is 0 Å². The van der Waals surface area contributed by atoms with Crippen molar-refractivity contribution >= 4 is 11.9 Å². The molecule has 2 heterocycles. The predicted molar refractivity (Wildman–Crippen MR) is 103 cm³/mol. The third-order valence-corrected chi connectivity index (χ3v) is 6.80. The van der Waals surface area contributed by atoms with Gasteiger partial charge in [-0.15, -0.1) is 0 Å². The molecule has 4 rings (SSSR count). The third kappa shape index (κ3) is 2.85. The van der Waals surface area contributed by atoms with Crippen LogP contribution in [0.1, 0.15) is 46.8 Å². The van der Waals surface area contributed by atoms with Crippen molar-refractivity contribution in [3.05, 3.63) is 59.4 Å². The number of hydrogen-bond donors (Lipinski definition) is 1. The number of aliphatic carboxylic acids is 1. The lowest BCUT2D eigenvalue weighted by Gasteiger charge is -2.38. The van der Waals surface area contributed by atoms with Crippen molar-refractivity contribution < 1.29 is 14.7 Å². The number of carbonyl (C=O) groups is 2. The Kier molecular flexibility index (Phi) is 4.33. The zero-order valence-corrected chi connectivity index (χ0v) is 15.9. The van der Waals surface area contributed by atoms with Crippen LogP contribution in [0.5, 0.6) is 0 Å². The fraction of sp³-hybridized carbons (Fsp3) is 0.455.